The summed E-state index contributed by atoms with van der Waals surface area (Å²) in [7, 11) is 0. The summed E-state index contributed by atoms with van der Waals surface area (Å²) in [5.74, 6) is 0.443. The lowest BCUT2D eigenvalue weighted by Gasteiger charge is -2.08. The lowest BCUT2D eigenvalue weighted by molar-refractivity contribution is -0.136. The fourth-order valence-corrected chi connectivity index (χ4v) is 2.01. The number of aryl methyl sites for hydroxylation is 1. The minimum Gasteiger partial charge on any atom is -0.482 e. The van der Waals surface area contributed by atoms with Crippen molar-refractivity contribution in [3.63, 3.8) is 0 Å². The molecule has 0 aliphatic heterocycles. The van der Waals surface area contributed by atoms with Crippen molar-refractivity contribution in [3.8, 4) is 11.5 Å². The second-order valence-corrected chi connectivity index (χ2v) is 5.61. The molecule has 2 aromatic rings. The van der Waals surface area contributed by atoms with Crippen molar-refractivity contribution in [2.45, 2.75) is 13.8 Å². The van der Waals surface area contributed by atoms with Crippen molar-refractivity contribution in [2.75, 3.05) is 6.61 Å². The van der Waals surface area contributed by atoms with Gasteiger partial charge in [0.05, 0.1) is 0 Å². The van der Waals surface area contributed by atoms with Crippen molar-refractivity contribution in [3.05, 3.63) is 58.1 Å². The van der Waals surface area contributed by atoms with E-state index in [0.29, 0.717) is 17.1 Å². The molecule has 0 radical (unpaired) electrons. The van der Waals surface area contributed by atoms with Crippen molar-refractivity contribution < 1.29 is 19.1 Å². The topological polar surface area (TPSA) is 52.6 Å². The van der Waals surface area contributed by atoms with Gasteiger partial charge in [0.2, 0.25) is 0 Å². The predicted octanol–water partition coefficient (Wildman–Crippen LogP) is 3.94. The van der Waals surface area contributed by atoms with Crippen molar-refractivity contribution in [2.24, 2.45) is 0 Å². The Labute approximate surface area is 137 Å². The number of Topliss-reactive ketones (excluding diaryl/α,β-unsaturated/α-hetero) is 1. The Morgan fingerprint density at radius 1 is 1.05 bits per heavy atom. The van der Waals surface area contributed by atoms with Crippen molar-refractivity contribution in [1.82, 2.24) is 0 Å². The highest BCUT2D eigenvalue weighted by atomic mass is 79.9. The van der Waals surface area contributed by atoms with Crippen LogP contribution < -0.4 is 9.47 Å². The number of halogens is 1. The lowest BCUT2D eigenvalue weighted by Crippen LogP contribution is -2.17. The molecule has 2 aromatic carbocycles. The Hall–Kier alpha value is -2.14. The fourth-order valence-electron chi connectivity index (χ4n) is 1.77. The zero-order valence-corrected chi connectivity index (χ0v) is 13.8. The molecule has 0 aromatic heterocycles. The molecule has 4 nitrogen and oxygen atoms in total. The van der Waals surface area contributed by atoms with E-state index < -0.39 is 5.97 Å². The van der Waals surface area contributed by atoms with Gasteiger partial charge in [0.15, 0.2) is 12.4 Å². The van der Waals surface area contributed by atoms with E-state index in [9.17, 15) is 9.59 Å². The number of ether oxygens (including phenoxy) is 2. The van der Waals surface area contributed by atoms with Crippen LogP contribution >= 0.6 is 15.9 Å². The van der Waals surface area contributed by atoms with Gasteiger partial charge in [0, 0.05) is 10.0 Å². The Morgan fingerprint density at radius 2 is 1.68 bits per heavy atom. The third kappa shape index (κ3) is 4.43. The van der Waals surface area contributed by atoms with Crippen LogP contribution in [0.2, 0.25) is 0 Å². The normalized spacial score (nSPS) is 10.1. The van der Waals surface area contributed by atoms with E-state index in [1.165, 1.54) is 6.92 Å². The molecular formula is C17H15BrO4. The first kappa shape index (κ1) is 16.2. The van der Waals surface area contributed by atoms with Gasteiger partial charge in [-0.15, -0.1) is 0 Å². The Balaban J connectivity index is 1.89. The molecule has 0 bridgehead atoms. The molecule has 2 rings (SSSR count). The molecular weight excluding hydrogens is 348 g/mol. The number of esters is 1. The SMILES string of the molecule is CC(=O)c1ccc(OC(=O)COc2ccc(Br)c(C)c2)cc1. The van der Waals surface area contributed by atoms with Crippen LogP contribution in [0.1, 0.15) is 22.8 Å². The van der Waals surface area contributed by atoms with E-state index in [-0.39, 0.29) is 12.4 Å². The van der Waals surface area contributed by atoms with Crippen LogP contribution in [-0.4, -0.2) is 18.4 Å². The molecule has 0 saturated heterocycles. The van der Waals surface area contributed by atoms with Crippen molar-refractivity contribution >= 4 is 27.7 Å². The van der Waals surface area contributed by atoms with Gasteiger partial charge in [-0.3, -0.25) is 4.79 Å². The van der Waals surface area contributed by atoms with Crippen LogP contribution in [0, 0.1) is 6.92 Å². The average Bonchev–Trinajstić information content (AvgIpc) is 2.49. The molecule has 0 fully saturated rings. The van der Waals surface area contributed by atoms with Crippen LogP contribution in [0.3, 0.4) is 0 Å². The van der Waals surface area contributed by atoms with Gasteiger partial charge >= 0.3 is 5.97 Å². The van der Waals surface area contributed by atoms with Crippen molar-refractivity contribution in [1.29, 1.82) is 0 Å². The number of carbonyl (C=O) groups is 2. The predicted molar refractivity (Wildman–Crippen MR) is 86.5 cm³/mol. The maximum atomic E-state index is 11.7. The molecule has 5 heteroatoms. The molecule has 0 heterocycles. The Bertz CT molecular complexity index is 692. The van der Waals surface area contributed by atoms with Crippen LogP contribution in [0.4, 0.5) is 0 Å². The Morgan fingerprint density at radius 3 is 2.27 bits per heavy atom. The summed E-state index contributed by atoms with van der Waals surface area (Å²) < 4.78 is 11.5. The zero-order valence-electron chi connectivity index (χ0n) is 12.3. The number of hydrogen-bond acceptors (Lipinski definition) is 4. The quantitative estimate of drug-likeness (QED) is 0.459. The van der Waals surface area contributed by atoms with Gasteiger partial charge in [-0.25, -0.2) is 4.79 Å². The standard InChI is InChI=1S/C17H15BrO4/c1-11-9-15(7-8-16(11)18)21-10-17(20)22-14-5-3-13(4-6-14)12(2)19/h3-9H,10H2,1-2H3. The minimum atomic E-state index is -0.504. The van der Waals surface area contributed by atoms with Gasteiger partial charge in [-0.1, -0.05) is 15.9 Å². The van der Waals surface area contributed by atoms with Gasteiger partial charge in [0.1, 0.15) is 11.5 Å². The van der Waals surface area contributed by atoms with E-state index in [0.717, 1.165) is 10.0 Å². The molecule has 0 aliphatic rings. The summed E-state index contributed by atoms with van der Waals surface area (Å²) in [6, 6.07) is 11.9. The highest BCUT2D eigenvalue weighted by Crippen LogP contribution is 2.21. The summed E-state index contributed by atoms with van der Waals surface area (Å²) >= 11 is 3.40. The van der Waals surface area contributed by atoms with Gasteiger partial charge in [-0.2, -0.15) is 0 Å². The van der Waals surface area contributed by atoms with Gasteiger partial charge < -0.3 is 9.47 Å². The van der Waals surface area contributed by atoms with E-state index in [4.69, 9.17) is 9.47 Å². The number of benzene rings is 2. The van der Waals surface area contributed by atoms with Crippen LogP contribution in [-0.2, 0) is 4.79 Å². The van der Waals surface area contributed by atoms with Crippen LogP contribution in [0.15, 0.2) is 46.9 Å². The lowest BCUT2D eigenvalue weighted by atomic mass is 10.1. The van der Waals surface area contributed by atoms with Gasteiger partial charge in [0.25, 0.3) is 0 Å². The van der Waals surface area contributed by atoms with E-state index in [2.05, 4.69) is 15.9 Å². The maximum absolute atomic E-state index is 11.7. The third-order valence-electron chi connectivity index (χ3n) is 2.98. The molecule has 114 valence electrons. The monoisotopic (exact) mass is 362 g/mol. The van der Waals surface area contributed by atoms with Crippen LogP contribution in [0.5, 0.6) is 11.5 Å². The summed E-state index contributed by atoms with van der Waals surface area (Å²) in [4.78, 5) is 22.9. The van der Waals surface area contributed by atoms with E-state index >= 15 is 0 Å². The maximum Gasteiger partial charge on any atom is 0.349 e. The number of hydrogen-bond donors (Lipinski definition) is 0. The largest absolute Gasteiger partial charge is 0.482 e. The molecule has 0 atom stereocenters. The molecule has 0 N–H and O–H groups in total. The first-order valence-corrected chi connectivity index (χ1v) is 7.45. The highest BCUT2D eigenvalue weighted by molar-refractivity contribution is 9.10. The molecule has 0 aliphatic carbocycles. The number of ketones is 1. The van der Waals surface area contributed by atoms with Crippen LogP contribution in [0.25, 0.3) is 0 Å². The molecule has 0 unspecified atom stereocenters. The summed E-state index contributed by atoms with van der Waals surface area (Å²) in [5, 5.41) is 0. The summed E-state index contributed by atoms with van der Waals surface area (Å²) in [5.41, 5.74) is 1.59. The second-order valence-electron chi connectivity index (χ2n) is 4.75. The molecule has 0 amide bonds. The fraction of sp³-hybridized carbons (Fsp3) is 0.176. The molecule has 0 saturated carbocycles. The summed E-state index contributed by atoms with van der Waals surface area (Å²) in [6.07, 6.45) is 0. The summed E-state index contributed by atoms with van der Waals surface area (Å²) in [6.45, 7) is 3.23. The Kier molecular flexibility index (Phi) is 5.33. The third-order valence-corrected chi connectivity index (χ3v) is 3.87. The average molecular weight is 363 g/mol. The smallest absolute Gasteiger partial charge is 0.349 e. The zero-order chi connectivity index (χ0) is 16.1. The van der Waals surface area contributed by atoms with Gasteiger partial charge in [-0.05, 0) is 61.9 Å². The second kappa shape index (κ2) is 7.22. The number of rotatable bonds is 5. The number of carbonyl (C=O) groups excluding carboxylic acids is 2. The minimum absolute atomic E-state index is 0.0354. The molecule has 0 spiro atoms. The highest BCUT2D eigenvalue weighted by Gasteiger charge is 2.08. The molecule has 22 heavy (non-hydrogen) atoms. The first-order chi connectivity index (χ1) is 10.5. The van der Waals surface area contributed by atoms with E-state index in [1.807, 2.05) is 19.1 Å². The van der Waals surface area contributed by atoms with E-state index in [1.54, 1.807) is 30.3 Å². The first-order valence-electron chi connectivity index (χ1n) is 6.66.